The van der Waals surface area contributed by atoms with E-state index >= 15 is 0 Å². The molecule has 0 aliphatic rings. The van der Waals surface area contributed by atoms with Crippen LogP contribution in [0.2, 0.25) is 0 Å². The van der Waals surface area contributed by atoms with Gasteiger partial charge in [0, 0.05) is 23.1 Å². The van der Waals surface area contributed by atoms with Gasteiger partial charge in [0.05, 0.1) is 5.56 Å². The number of phenols is 1. The van der Waals surface area contributed by atoms with E-state index in [1.165, 1.54) is 6.07 Å². The van der Waals surface area contributed by atoms with Crippen molar-refractivity contribution < 1.29 is 5.11 Å². The highest BCUT2D eigenvalue weighted by Gasteiger charge is 2.14. The number of nitrogens with zero attached hydrogens (tertiary/aromatic N) is 4. The molecule has 3 N–H and O–H groups in total. The van der Waals surface area contributed by atoms with Gasteiger partial charge in [-0.3, -0.25) is 4.40 Å². The summed E-state index contributed by atoms with van der Waals surface area (Å²) in [5.41, 5.74) is 8.55. The van der Waals surface area contributed by atoms with Gasteiger partial charge in [-0.05, 0) is 32.0 Å². The van der Waals surface area contributed by atoms with Crippen LogP contribution in [0.3, 0.4) is 0 Å². The molecule has 3 rings (SSSR count). The lowest BCUT2D eigenvalue weighted by atomic mass is 10.1. The third-order valence-corrected chi connectivity index (χ3v) is 2.96. The van der Waals surface area contributed by atoms with Crippen LogP contribution in [0, 0.1) is 13.8 Å². The van der Waals surface area contributed by atoms with E-state index in [4.69, 9.17) is 5.73 Å². The number of aromatic hydroxyl groups is 1. The second-order valence-corrected chi connectivity index (χ2v) is 4.47. The lowest BCUT2D eigenvalue weighted by Gasteiger charge is -2.06. The number of anilines is 1. The Hall–Kier alpha value is -2.63. The minimum absolute atomic E-state index is 0.0780. The SMILES string of the molecule is Cc1cc(C)n2c(-c3ccc(N)cc3O)nnc2n1. The second kappa shape index (κ2) is 3.94. The number of nitrogen functional groups attached to an aromatic ring is 1. The minimum atomic E-state index is 0.0780. The first-order valence-corrected chi connectivity index (χ1v) is 5.84. The van der Waals surface area contributed by atoms with E-state index in [2.05, 4.69) is 15.2 Å². The zero-order valence-corrected chi connectivity index (χ0v) is 10.6. The van der Waals surface area contributed by atoms with Crippen LogP contribution in [0.15, 0.2) is 24.3 Å². The molecule has 6 nitrogen and oxygen atoms in total. The molecule has 0 saturated heterocycles. The van der Waals surface area contributed by atoms with E-state index in [9.17, 15) is 5.11 Å². The highest BCUT2D eigenvalue weighted by Crippen LogP contribution is 2.30. The molecule has 2 heterocycles. The molecule has 0 unspecified atom stereocenters. The van der Waals surface area contributed by atoms with E-state index in [-0.39, 0.29) is 5.75 Å². The zero-order chi connectivity index (χ0) is 13.6. The van der Waals surface area contributed by atoms with Gasteiger partial charge in [0.2, 0.25) is 0 Å². The Morgan fingerprint density at radius 2 is 1.95 bits per heavy atom. The summed E-state index contributed by atoms with van der Waals surface area (Å²) in [6, 6.07) is 6.87. The van der Waals surface area contributed by atoms with Crippen molar-refractivity contribution in [1.82, 2.24) is 19.6 Å². The third kappa shape index (κ3) is 1.77. The molecule has 96 valence electrons. The molecule has 6 heteroatoms. The molecule has 0 saturated carbocycles. The van der Waals surface area contributed by atoms with Crippen LogP contribution in [-0.4, -0.2) is 24.7 Å². The van der Waals surface area contributed by atoms with Gasteiger partial charge in [0.25, 0.3) is 5.78 Å². The molecule has 0 fully saturated rings. The number of fused-ring (bicyclic) bond motifs is 1. The minimum Gasteiger partial charge on any atom is -0.507 e. The summed E-state index contributed by atoms with van der Waals surface area (Å²) in [5, 5.41) is 18.1. The van der Waals surface area contributed by atoms with E-state index in [1.807, 2.05) is 19.9 Å². The fourth-order valence-corrected chi connectivity index (χ4v) is 2.14. The van der Waals surface area contributed by atoms with Gasteiger partial charge in [-0.15, -0.1) is 10.2 Å². The number of hydrogen-bond donors (Lipinski definition) is 2. The molecule has 0 aliphatic carbocycles. The van der Waals surface area contributed by atoms with Crippen LogP contribution in [0.1, 0.15) is 11.4 Å². The summed E-state index contributed by atoms with van der Waals surface area (Å²) in [6.45, 7) is 3.85. The highest BCUT2D eigenvalue weighted by atomic mass is 16.3. The first kappa shape index (κ1) is 11.5. The van der Waals surface area contributed by atoms with Gasteiger partial charge < -0.3 is 10.8 Å². The number of aryl methyl sites for hydroxylation is 2. The van der Waals surface area contributed by atoms with Crippen LogP contribution in [0.25, 0.3) is 17.2 Å². The predicted molar refractivity (Wildman–Crippen MR) is 71.8 cm³/mol. The first-order valence-electron chi connectivity index (χ1n) is 5.84. The van der Waals surface area contributed by atoms with Gasteiger partial charge in [-0.2, -0.15) is 0 Å². The fourth-order valence-electron chi connectivity index (χ4n) is 2.14. The van der Waals surface area contributed by atoms with Gasteiger partial charge >= 0.3 is 0 Å². The standard InChI is InChI=1S/C13H13N5O/c1-7-5-8(2)18-12(16-17-13(18)15-7)10-4-3-9(14)6-11(10)19/h3-6,19H,14H2,1-2H3. The van der Waals surface area contributed by atoms with Crippen LogP contribution in [-0.2, 0) is 0 Å². The Morgan fingerprint density at radius 3 is 2.68 bits per heavy atom. The molecule has 0 spiro atoms. The van der Waals surface area contributed by atoms with E-state index in [1.54, 1.807) is 16.5 Å². The van der Waals surface area contributed by atoms with Gasteiger partial charge in [0.1, 0.15) is 5.75 Å². The van der Waals surface area contributed by atoms with E-state index in [0.717, 1.165) is 11.4 Å². The van der Waals surface area contributed by atoms with Crippen LogP contribution in [0.5, 0.6) is 5.75 Å². The summed E-state index contributed by atoms with van der Waals surface area (Å²) < 4.78 is 1.80. The number of phenolic OH excluding ortho intramolecular Hbond substituents is 1. The van der Waals surface area contributed by atoms with Crippen molar-refractivity contribution in [2.75, 3.05) is 5.73 Å². The topological polar surface area (TPSA) is 89.3 Å². The Balaban J connectivity index is 2.31. The molecule has 3 aromatic rings. The summed E-state index contributed by atoms with van der Waals surface area (Å²) in [4.78, 5) is 4.31. The summed E-state index contributed by atoms with van der Waals surface area (Å²) >= 11 is 0. The third-order valence-electron chi connectivity index (χ3n) is 2.96. The smallest absolute Gasteiger partial charge is 0.255 e. The van der Waals surface area contributed by atoms with Gasteiger partial charge in [-0.1, -0.05) is 0 Å². The van der Waals surface area contributed by atoms with Crippen molar-refractivity contribution in [3.63, 3.8) is 0 Å². The normalized spacial score (nSPS) is 11.1. The summed E-state index contributed by atoms with van der Waals surface area (Å²) in [7, 11) is 0. The molecule has 1 aromatic carbocycles. The molecule has 0 amide bonds. The van der Waals surface area contributed by atoms with Crippen molar-refractivity contribution in [3.05, 3.63) is 35.7 Å². The van der Waals surface area contributed by atoms with Gasteiger partial charge in [-0.25, -0.2) is 4.98 Å². The average Bonchev–Trinajstić information content (AvgIpc) is 2.72. The Bertz CT molecular complexity index is 778. The number of hydrogen-bond acceptors (Lipinski definition) is 5. The van der Waals surface area contributed by atoms with E-state index in [0.29, 0.717) is 22.9 Å². The fraction of sp³-hybridized carbons (Fsp3) is 0.154. The molecule has 19 heavy (non-hydrogen) atoms. The van der Waals surface area contributed by atoms with Crippen LogP contribution in [0.4, 0.5) is 5.69 Å². The maximum absolute atomic E-state index is 9.99. The number of aromatic nitrogens is 4. The molecule has 2 aromatic heterocycles. The summed E-state index contributed by atoms with van der Waals surface area (Å²) in [5.74, 6) is 1.15. The quantitative estimate of drug-likeness (QED) is 0.646. The predicted octanol–water partition coefficient (Wildman–Crippen LogP) is 1.70. The van der Waals surface area contributed by atoms with Crippen molar-refractivity contribution in [2.24, 2.45) is 0 Å². The molecule has 0 aliphatic heterocycles. The number of rotatable bonds is 1. The largest absolute Gasteiger partial charge is 0.507 e. The lowest BCUT2D eigenvalue weighted by molar-refractivity contribution is 0.477. The molecule has 0 radical (unpaired) electrons. The zero-order valence-electron chi connectivity index (χ0n) is 10.6. The first-order chi connectivity index (χ1) is 9.06. The maximum atomic E-state index is 9.99. The van der Waals surface area contributed by atoms with Crippen LogP contribution < -0.4 is 5.73 Å². The maximum Gasteiger partial charge on any atom is 0.255 e. The van der Waals surface area contributed by atoms with E-state index < -0.39 is 0 Å². The molecule has 0 bridgehead atoms. The monoisotopic (exact) mass is 255 g/mol. The molecule has 0 atom stereocenters. The average molecular weight is 255 g/mol. The van der Waals surface area contributed by atoms with Crippen molar-refractivity contribution in [3.8, 4) is 17.1 Å². The van der Waals surface area contributed by atoms with Crippen molar-refractivity contribution >= 4 is 11.5 Å². The Kier molecular flexibility index (Phi) is 2.38. The number of nitrogens with two attached hydrogens (primary N) is 1. The summed E-state index contributed by atoms with van der Waals surface area (Å²) in [6.07, 6.45) is 0. The highest BCUT2D eigenvalue weighted by molar-refractivity contribution is 5.69. The molecular weight excluding hydrogens is 242 g/mol. The van der Waals surface area contributed by atoms with Gasteiger partial charge in [0.15, 0.2) is 5.82 Å². The van der Waals surface area contributed by atoms with Crippen LogP contribution >= 0.6 is 0 Å². The molecular formula is C13H13N5O. The lowest BCUT2D eigenvalue weighted by Crippen LogP contribution is -1.98. The number of benzene rings is 1. The Labute approximate surface area is 109 Å². The van der Waals surface area contributed by atoms with Crippen molar-refractivity contribution in [1.29, 1.82) is 0 Å². The van der Waals surface area contributed by atoms with Crippen molar-refractivity contribution in [2.45, 2.75) is 13.8 Å². The Morgan fingerprint density at radius 1 is 1.16 bits per heavy atom. The second-order valence-electron chi connectivity index (χ2n) is 4.47.